The fourth-order valence-corrected chi connectivity index (χ4v) is 6.23. The Morgan fingerprint density at radius 1 is 0.680 bits per heavy atom. The van der Waals surface area contributed by atoms with Crippen molar-refractivity contribution in [3.63, 3.8) is 0 Å². The van der Waals surface area contributed by atoms with Gasteiger partial charge in [-0.2, -0.15) is 0 Å². The van der Waals surface area contributed by atoms with Crippen molar-refractivity contribution in [1.82, 2.24) is 0 Å². The third kappa shape index (κ3) is 15.2. The molecular weight excluding hydrogens is 368 g/mol. The fourth-order valence-electron chi connectivity index (χ4n) is 2.91. The normalized spacial score (nSPS) is 13.6. The van der Waals surface area contributed by atoms with Crippen LogP contribution >= 0.6 is 31.4 Å². The number of rotatable bonds is 16. The first-order valence-corrected chi connectivity index (χ1v) is 13.6. The van der Waals surface area contributed by atoms with Crippen molar-refractivity contribution < 1.29 is 9.59 Å². The summed E-state index contributed by atoms with van der Waals surface area (Å²) in [7, 11) is 3.87. The van der Waals surface area contributed by atoms with Gasteiger partial charge in [-0.15, -0.1) is 0 Å². The van der Waals surface area contributed by atoms with Crippen molar-refractivity contribution in [2.75, 3.05) is 0 Å². The largest absolute Gasteiger partial charge is 0.286 e. The second-order valence-electron chi connectivity index (χ2n) is 6.89. The Morgan fingerprint density at radius 3 is 1.40 bits per heavy atom. The standard InChI is InChI=1S/C20H38O2S3/c1-5-9-11-17(7-3)13-15-19(21)23-25-24-20(22)16-14-18(8-4)12-10-6-2/h17-18H,5-16H2,1-4H3. The Bertz CT molecular complexity index is 316. The summed E-state index contributed by atoms with van der Waals surface area (Å²) in [5, 5.41) is 0.434. The molecule has 0 aromatic carbocycles. The lowest BCUT2D eigenvalue weighted by Crippen LogP contribution is -2.02. The predicted molar refractivity (Wildman–Crippen MR) is 118 cm³/mol. The zero-order chi connectivity index (χ0) is 18.9. The average molecular weight is 407 g/mol. The van der Waals surface area contributed by atoms with Crippen molar-refractivity contribution in [1.29, 1.82) is 0 Å². The van der Waals surface area contributed by atoms with Gasteiger partial charge in [0.15, 0.2) is 10.2 Å². The molecule has 0 bridgehead atoms. The van der Waals surface area contributed by atoms with E-state index in [9.17, 15) is 9.59 Å². The molecule has 0 aliphatic rings. The summed E-state index contributed by atoms with van der Waals surface area (Å²) in [4.78, 5) is 23.9. The van der Waals surface area contributed by atoms with Crippen LogP contribution < -0.4 is 0 Å². The van der Waals surface area contributed by atoms with E-state index in [-0.39, 0.29) is 10.2 Å². The quantitative estimate of drug-likeness (QED) is 0.242. The van der Waals surface area contributed by atoms with Gasteiger partial charge in [-0.3, -0.25) is 9.59 Å². The Balaban J connectivity index is 3.79. The van der Waals surface area contributed by atoms with E-state index >= 15 is 0 Å². The molecule has 2 unspecified atom stereocenters. The van der Waals surface area contributed by atoms with E-state index in [1.807, 2.05) is 0 Å². The molecule has 0 heterocycles. The van der Waals surface area contributed by atoms with Gasteiger partial charge in [-0.05, 0) is 56.1 Å². The van der Waals surface area contributed by atoms with Gasteiger partial charge < -0.3 is 0 Å². The van der Waals surface area contributed by atoms with Crippen LogP contribution in [0.2, 0.25) is 0 Å². The number of unbranched alkanes of at least 4 members (excludes halogenated alkanes) is 2. The van der Waals surface area contributed by atoms with Gasteiger partial charge in [-0.1, -0.05) is 79.1 Å². The van der Waals surface area contributed by atoms with E-state index < -0.39 is 0 Å². The lowest BCUT2D eigenvalue weighted by molar-refractivity contribution is -0.111. The molecule has 0 saturated carbocycles. The zero-order valence-corrected chi connectivity index (χ0v) is 19.1. The predicted octanol–water partition coefficient (Wildman–Crippen LogP) is 8.06. The van der Waals surface area contributed by atoms with Crippen LogP contribution in [0.5, 0.6) is 0 Å². The minimum absolute atomic E-state index is 0.217. The first kappa shape index (κ1) is 25.4. The Morgan fingerprint density at radius 2 is 1.08 bits per heavy atom. The summed E-state index contributed by atoms with van der Waals surface area (Å²) in [5.74, 6) is 1.36. The average Bonchev–Trinajstić information content (AvgIpc) is 2.62. The van der Waals surface area contributed by atoms with Crippen LogP contribution in [0.15, 0.2) is 0 Å². The molecule has 0 saturated heterocycles. The van der Waals surface area contributed by atoms with Gasteiger partial charge in [0, 0.05) is 12.8 Å². The molecule has 0 N–H and O–H groups in total. The van der Waals surface area contributed by atoms with Crippen molar-refractivity contribution in [3.05, 3.63) is 0 Å². The molecule has 148 valence electrons. The molecule has 0 aliphatic heterocycles. The first-order valence-electron chi connectivity index (χ1n) is 10.1. The van der Waals surface area contributed by atoms with E-state index in [1.54, 1.807) is 0 Å². The van der Waals surface area contributed by atoms with Gasteiger partial charge in [0.25, 0.3) is 0 Å². The summed E-state index contributed by atoms with van der Waals surface area (Å²) in [6.07, 6.45) is 13.1. The SMILES string of the molecule is CCCCC(CC)CCC(=O)SSSC(=O)CCC(CC)CCCC. The number of hydrogen-bond donors (Lipinski definition) is 0. The van der Waals surface area contributed by atoms with Gasteiger partial charge >= 0.3 is 0 Å². The number of carbonyl (C=O) groups is 2. The Kier molecular flexibility index (Phi) is 18.1. The van der Waals surface area contributed by atoms with Crippen LogP contribution in [-0.4, -0.2) is 10.2 Å². The summed E-state index contributed by atoms with van der Waals surface area (Å²) in [6.45, 7) is 8.85. The lowest BCUT2D eigenvalue weighted by atomic mass is 9.95. The Hall–Kier alpha value is 0.390. The second kappa shape index (κ2) is 17.8. The highest BCUT2D eigenvalue weighted by atomic mass is 33.5. The van der Waals surface area contributed by atoms with Crippen molar-refractivity contribution in [2.24, 2.45) is 11.8 Å². The molecule has 0 aliphatic carbocycles. The molecule has 0 rings (SSSR count). The topological polar surface area (TPSA) is 34.1 Å². The van der Waals surface area contributed by atoms with Gasteiger partial charge in [0.05, 0.1) is 0 Å². The summed E-state index contributed by atoms with van der Waals surface area (Å²) in [6, 6.07) is 0. The highest BCUT2D eigenvalue weighted by Crippen LogP contribution is 2.38. The third-order valence-corrected chi connectivity index (χ3v) is 8.52. The molecule has 0 aromatic rings. The minimum atomic E-state index is 0.217. The van der Waals surface area contributed by atoms with E-state index in [0.717, 1.165) is 25.7 Å². The van der Waals surface area contributed by atoms with Crippen LogP contribution in [0.4, 0.5) is 0 Å². The molecule has 0 amide bonds. The van der Waals surface area contributed by atoms with Crippen LogP contribution in [0, 0.1) is 11.8 Å². The highest BCUT2D eigenvalue weighted by Gasteiger charge is 2.13. The van der Waals surface area contributed by atoms with E-state index in [0.29, 0.717) is 24.7 Å². The maximum atomic E-state index is 12.0. The molecular formula is C20H38O2S3. The van der Waals surface area contributed by atoms with Crippen LogP contribution in [0.25, 0.3) is 0 Å². The highest BCUT2D eigenvalue weighted by molar-refractivity contribution is 9.14. The minimum Gasteiger partial charge on any atom is -0.286 e. The van der Waals surface area contributed by atoms with E-state index in [2.05, 4.69) is 27.7 Å². The van der Waals surface area contributed by atoms with Gasteiger partial charge in [0.1, 0.15) is 0 Å². The number of hydrogen-bond acceptors (Lipinski definition) is 5. The van der Waals surface area contributed by atoms with Crippen LogP contribution in [0.3, 0.4) is 0 Å². The lowest BCUT2D eigenvalue weighted by Gasteiger charge is -2.13. The monoisotopic (exact) mass is 406 g/mol. The fraction of sp³-hybridized carbons (Fsp3) is 0.900. The van der Waals surface area contributed by atoms with Crippen LogP contribution in [0.1, 0.15) is 105 Å². The molecule has 5 heteroatoms. The second-order valence-corrected chi connectivity index (χ2v) is 10.9. The van der Waals surface area contributed by atoms with Gasteiger partial charge in [0.2, 0.25) is 0 Å². The van der Waals surface area contributed by atoms with Crippen LogP contribution in [-0.2, 0) is 9.59 Å². The smallest absolute Gasteiger partial charge is 0.200 e. The molecule has 2 nitrogen and oxygen atoms in total. The van der Waals surface area contributed by atoms with E-state index in [4.69, 9.17) is 0 Å². The molecule has 2 atom stereocenters. The molecule has 25 heavy (non-hydrogen) atoms. The Labute approximate surface area is 167 Å². The summed E-state index contributed by atoms with van der Waals surface area (Å²) < 4.78 is 0. The summed E-state index contributed by atoms with van der Waals surface area (Å²) >= 11 is 0. The van der Waals surface area contributed by atoms with Crippen molar-refractivity contribution >= 4 is 41.6 Å². The van der Waals surface area contributed by atoms with Crippen molar-refractivity contribution in [3.8, 4) is 0 Å². The maximum absolute atomic E-state index is 12.0. The number of carbonyl (C=O) groups excluding carboxylic acids is 2. The first-order chi connectivity index (χ1) is 12.1. The van der Waals surface area contributed by atoms with E-state index in [1.165, 1.54) is 69.9 Å². The molecule has 0 spiro atoms. The van der Waals surface area contributed by atoms with Crippen molar-refractivity contribution in [2.45, 2.75) is 105 Å². The zero-order valence-electron chi connectivity index (χ0n) is 16.7. The molecule has 0 aromatic heterocycles. The molecule has 0 radical (unpaired) electrons. The summed E-state index contributed by atoms with van der Waals surface area (Å²) in [5.41, 5.74) is 0. The van der Waals surface area contributed by atoms with Gasteiger partial charge in [-0.25, -0.2) is 0 Å². The maximum Gasteiger partial charge on any atom is 0.200 e. The third-order valence-electron chi connectivity index (χ3n) is 4.85. The molecule has 0 fully saturated rings.